The molecule has 0 saturated carbocycles. The summed E-state index contributed by atoms with van der Waals surface area (Å²) in [5.41, 5.74) is 0.210. The van der Waals surface area contributed by atoms with Crippen LogP contribution in [0, 0.1) is 11.3 Å². The summed E-state index contributed by atoms with van der Waals surface area (Å²) in [6.07, 6.45) is 3.17. The van der Waals surface area contributed by atoms with Crippen LogP contribution in [0.2, 0.25) is 0 Å². The smallest absolute Gasteiger partial charge is 0.146 e. The molecular formula is C9H20OSi. The molecule has 0 radical (unpaired) electrons. The van der Waals surface area contributed by atoms with Crippen LogP contribution in [0.15, 0.2) is 12.7 Å². The first-order chi connectivity index (χ1) is 5.13. The third-order valence-electron chi connectivity index (χ3n) is 2.63. The molecule has 0 aromatic carbocycles. The van der Waals surface area contributed by atoms with Crippen molar-refractivity contribution in [2.24, 2.45) is 11.3 Å². The highest BCUT2D eigenvalue weighted by atomic mass is 28.2. The highest BCUT2D eigenvalue weighted by molar-refractivity contribution is 5.97. The average molecular weight is 172 g/mol. The maximum Gasteiger partial charge on any atom is 0.146 e. The van der Waals surface area contributed by atoms with E-state index in [1.54, 1.807) is 0 Å². The molecule has 0 N–H and O–H groups in total. The minimum atomic E-state index is 0.210. The lowest BCUT2D eigenvalue weighted by atomic mass is 9.76. The van der Waals surface area contributed by atoms with E-state index in [1.807, 2.05) is 0 Å². The van der Waals surface area contributed by atoms with E-state index < -0.39 is 0 Å². The Balaban J connectivity index is 4.32. The van der Waals surface area contributed by atoms with Gasteiger partial charge in [0.25, 0.3) is 0 Å². The average Bonchev–Trinajstić information content (AvgIpc) is 2.00. The SMILES string of the molecule is C=CC(CC)(CO[SiH3])C(C)C. The van der Waals surface area contributed by atoms with Crippen LogP contribution in [-0.4, -0.2) is 17.1 Å². The Bertz CT molecular complexity index is 123. The summed E-state index contributed by atoms with van der Waals surface area (Å²) < 4.78 is 5.32. The standard InChI is InChI=1S/C9H20OSi/c1-5-9(6-2,7-10-11)8(3)4/h5,8H,1,6-7H2,2-4,11H3. The monoisotopic (exact) mass is 172 g/mol. The summed E-state index contributed by atoms with van der Waals surface area (Å²) in [5.74, 6) is 0.624. The molecular weight excluding hydrogens is 152 g/mol. The minimum Gasteiger partial charge on any atom is -0.427 e. The Morgan fingerprint density at radius 1 is 1.64 bits per heavy atom. The molecule has 2 heteroatoms. The molecule has 66 valence electrons. The van der Waals surface area contributed by atoms with Gasteiger partial charge in [-0.15, -0.1) is 6.58 Å². The van der Waals surface area contributed by atoms with E-state index in [-0.39, 0.29) is 5.41 Å². The molecule has 11 heavy (non-hydrogen) atoms. The number of hydrogen-bond acceptors (Lipinski definition) is 1. The first-order valence-electron chi connectivity index (χ1n) is 4.25. The fraction of sp³-hybridized carbons (Fsp3) is 0.778. The van der Waals surface area contributed by atoms with E-state index in [1.165, 1.54) is 0 Å². The highest BCUT2D eigenvalue weighted by Gasteiger charge is 2.27. The molecule has 1 nitrogen and oxygen atoms in total. The zero-order valence-corrected chi connectivity index (χ0v) is 10.2. The molecule has 0 aliphatic carbocycles. The van der Waals surface area contributed by atoms with E-state index in [9.17, 15) is 0 Å². The lowest BCUT2D eigenvalue weighted by Gasteiger charge is -2.32. The van der Waals surface area contributed by atoms with Crippen molar-refractivity contribution < 1.29 is 4.43 Å². The van der Waals surface area contributed by atoms with Crippen molar-refractivity contribution in [1.29, 1.82) is 0 Å². The van der Waals surface area contributed by atoms with Crippen LogP contribution in [0.4, 0.5) is 0 Å². The van der Waals surface area contributed by atoms with Gasteiger partial charge in [-0.05, 0) is 12.3 Å². The van der Waals surface area contributed by atoms with Crippen LogP contribution in [0.1, 0.15) is 27.2 Å². The summed E-state index contributed by atoms with van der Waals surface area (Å²) in [5, 5.41) is 0. The topological polar surface area (TPSA) is 9.23 Å². The van der Waals surface area contributed by atoms with E-state index >= 15 is 0 Å². The molecule has 0 heterocycles. The second-order valence-electron chi connectivity index (χ2n) is 3.38. The Hall–Kier alpha value is -0.0831. The summed E-state index contributed by atoms with van der Waals surface area (Å²) in [4.78, 5) is 0. The lowest BCUT2D eigenvalue weighted by molar-refractivity contribution is 0.144. The maximum atomic E-state index is 5.32. The largest absolute Gasteiger partial charge is 0.427 e. The van der Waals surface area contributed by atoms with Gasteiger partial charge in [0.15, 0.2) is 0 Å². The van der Waals surface area contributed by atoms with Gasteiger partial charge in [0.2, 0.25) is 0 Å². The van der Waals surface area contributed by atoms with Crippen LogP contribution in [0.3, 0.4) is 0 Å². The van der Waals surface area contributed by atoms with Crippen LogP contribution >= 0.6 is 0 Å². The van der Waals surface area contributed by atoms with Gasteiger partial charge in [0.1, 0.15) is 10.5 Å². The summed E-state index contributed by atoms with van der Waals surface area (Å²) in [6, 6.07) is 0. The zero-order valence-electron chi connectivity index (χ0n) is 8.18. The van der Waals surface area contributed by atoms with Crippen molar-refractivity contribution in [3.8, 4) is 0 Å². The molecule has 0 saturated heterocycles. The molecule has 0 spiro atoms. The molecule has 0 bridgehead atoms. The third-order valence-corrected chi connectivity index (χ3v) is 2.92. The molecule has 0 rings (SSSR count). The molecule has 0 aliphatic rings. The fourth-order valence-electron chi connectivity index (χ4n) is 1.38. The number of rotatable bonds is 5. The highest BCUT2D eigenvalue weighted by Crippen LogP contribution is 2.32. The van der Waals surface area contributed by atoms with E-state index in [2.05, 4.69) is 33.4 Å². The van der Waals surface area contributed by atoms with Crippen LogP contribution in [0.5, 0.6) is 0 Å². The molecule has 0 aromatic rings. The van der Waals surface area contributed by atoms with Gasteiger partial charge >= 0.3 is 0 Å². The Kier molecular flexibility index (Phi) is 4.69. The Morgan fingerprint density at radius 3 is 2.27 bits per heavy atom. The van der Waals surface area contributed by atoms with Gasteiger partial charge < -0.3 is 4.43 Å². The fourth-order valence-corrected chi connectivity index (χ4v) is 1.92. The second kappa shape index (κ2) is 4.73. The normalized spacial score (nSPS) is 16.7. The quantitative estimate of drug-likeness (QED) is 0.451. The Morgan fingerprint density at radius 2 is 2.18 bits per heavy atom. The van der Waals surface area contributed by atoms with E-state index in [4.69, 9.17) is 4.43 Å². The summed E-state index contributed by atoms with van der Waals surface area (Å²) in [6.45, 7) is 11.4. The van der Waals surface area contributed by atoms with E-state index in [0.29, 0.717) is 5.92 Å². The first-order valence-corrected chi connectivity index (χ1v) is 5.07. The summed E-state index contributed by atoms with van der Waals surface area (Å²) in [7, 11) is 0.827. The van der Waals surface area contributed by atoms with Crippen molar-refractivity contribution in [2.75, 3.05) is 6.61 Å². The van der Waals surface area contributed by atoms with Gasteiger partial charge in [-0.2, -0.15) is 0 Å². The van der Waals surface area contributed by atoms with Gasteiger partial charge in [0, 0.05) is 12.0 Å². The van der Waals surface area contributed by atoms with Gasteiger partial charge in [-0.1, -0.05) is 26.8 Å². The van der Waals surface area contributed by atoms with Crippen molar-refractivity contribution in [1.82, 2.24) is 0 Å². The summed E-state index contributed by atoms with van der Waals surface area (Å²) >= 11 is 0. The van der Waals surface area contributed by atoms with Crippen LogP contribution in [-0.2, 0) is 4.43 Å². The molecule has 1 unspecified atom stereocenters. The first kappa shape index (κ1) is 10.9. The minimum absolute atomic E-state index is 0.210. The molecule has 0 aromatic heterocycles. The van der Waals surface area contributed by atoms with Gasteiger partial charge in [-0.3, -0.25) is 0 Å². The molecule has 1 atom stereocenters. The van der Waals surface area contributed by atoms with Crippen LogP contribution < -0.4 is 0 Å². The number of hydrogen-bond donors (Lipinski definition) is 0. The zero-order chi connectivity index (χ0) is 8.91. The van der Waals surface area contributed by atoms with Crippen molar-refractivity contribution in [2.45, 2.75) is 27.2 Å². The van der Waals surface area contributed by atoms with E-state index in [0.717, 1.165) is 23.5 Å². The van der Waals surface area contributed by atoms with Crippen molar-refractivity contribution in [3.63, 3.8) is 0 Å². The molecule has 0 aliphatic heterocycles. The second-order valence-corrected chi connectivity index (χ2v) is 3.96. The van der Waals surface area contributed by atoms with Crippen LogP contribution in [0.25, 0.3) is 0 Å². The maximum absolute atomic E-state index is 5.32. The molecule has 0 amide bonds. The molecule has 0 fully saturated rings. The predicted octanol–water partition coefficient (Wildman–Crippen LogP) is 1.52. The van der Waals surface area contributed by atoms with Crippen molar-refractivity contribution in [3.05, 3.63) is 12.7 Å². The van der Waals surface area contributed by atoms with Crippen molar-refractivity contribution >= 4 is 10.5 Å². The van der Waals surface area contributed by atoms with Gasteiger partial charge in [0.05, 0.1) is 0 Å². The predicted molar refractivity (Wildman–Crippen MR) is 53.7 cm³/mol. The lowest BCUT2D eigenvalue weighted by Crippen LogP contribution is -2.29. The third kappa shape index (κ3) is 2.45. The van der Waals surface area contributed by atoms with Gasteiger partial charge in [-0.25, -0.2) is 0 Å². The Labute approximate surface area is 73.4 Å².